The van der Waals surface area contributed by atoms with Gasteiger partial charge in [-0.05, 0) is 37.0 Å². The first-order chi connectivity index (χ1) is 7.41. The highest BCUT2D eigenvalue weighted by atomic mass is 19.1. The normalized spacial score (nSPS) is 12.5. The number of halogens is 1. The fourth-order valence-corrected chi connectivity index (χ4v) is 1.66. The molecule has 1 rings (SSSR count). The number of amides is 1. The lowest BCUT2D eigenvalue weighted by atomic mass is 9.98. The molecule has 1 aromatic carbocycles. The predicted octanol–water partition coefficient (Wildman–Crippen LogP) is 1.71. The van der Waals surface area contributed by atoms with Crippen molar-refractivity contribution in [3.05, 3.63) is 34.6 Å². The number of primary amides is 1. The molecule has 1 unspecified atom stereocenters. The SMILES string of the molecule is Cc1cc(C(N)CCC(N)=O)cc(C)c1F. The second kappa shape index (κ2) is 5.07. The van der Waals surface area contributed by atoms with Crippen molar-refractivity contribution in [3.8, 4) is 0 Å². The molecule has 0 aliphatic carbocycles. The molecule has 0 spiro atoms. The highest BCUT2D eigenvalue weighted by Gasteiger charge is 2.11. The third kappa shape index (κ3) is 3.03. The lowest BCUT2D eigenvalue weighted by Crippen LogP contribution is -2.17. The van der Waals surface area contributed by atoms with Crippen LogP contribution in [0.4, 0.5) is 4.39 Å². The molecule has 0 radical (unpaired) electrons. The van der Waals surface area contributed by atoms with Gasteiger partial charge in [-0.25, -0.2) is 4.39 Å². The summed E-state index contributed by atoms with van der Waals surface area (Å²) in [5.74, 6) is -0.572. The molecule has 0 aliphatic rings. The van der Waals surface area contributed by atoms with Gasteiger partial charge in [-0.15, -0.1) is 0 Å². The van der Waals surface area contributed by atoms with Crippen molar-refractivity contribution in [1.82, 2.24) is 0 Å². The number of carbonyl (C=O) groups is 1. The van der Waals surface area contributed by atoms with Crippen LogP contribution in [0.15, 0.2) is 12.1 Å². The van der Waals surface area contributed by atoms with E-state index in [-0.39, 0.29) is 24.2 Å². The summed E-state index contributed by atoms with van der Waals surface area (Å²) in [5.41, 5.74) is 12.9. The summed E-state index contributed by atoms with van der Waals surface area (Å²) in [6, 6.07) is 3.16. The van der Waals surface area contributed by atoms with Crippen LogP contribution in [0.1, 0.15) is 35.6 Å². The van der Waals surface area contributed by atoms with Crippen LogP contribution < -0.4 is 11.5 Å². The third-order valence-electron chi connectivity index (χ3n) is 2.59. The molecule has 0 heterocycles. The number of hydrogen-bond acceptors (Lipinski definition) is 2. The monoisotopic (exact) mass is 224 g/mol. The van der Waals surface area contributed by atoms with E-state index >= 15 is 0 Å². The maximum Gasteiger partial charge on any atom is 0.217 e. The van der Waals surface area contributed by atoms with E-state index < -0.39 is 0 Å². The number of hydrogen-bond donors (Lipinski definition) is 2. The second-order valence-electron chi connectivity index (χ2n) is 4.08. The Morgan fingerprint density at radius 3 is 2.31 bits per heavy atom. The lowest BCUT2D eigenvalue weighted by Gasteiger charge is -2.13. The van der Waals surface area contributed by atoms with Gasteiger partial charge in [0.1, 0.15) is 5.82 Å². The predicted molar refractivity (Wildman–Crippen MR) is 61.2 cm³/mol. The van der Waals surface area contributed by atoms with Crippen molar-refractivity contribution < 1.29 is 9.18 Å². The Bertz CT molecular complexity index is 381. The van der Waals surface area contributed by atoms with E-state index in [1.165, 1.54) is 0 Å². The zero-order valence-electron chi connectivity index (χ0n) is 9.59. The first-order valence-corrected chi connectivity index (χ1v) is 5.22. The third-order valence-corrected chi connectivity index (χ3v) is 2.59. The van der Waals surface area contributed by atoms with Gasteiger partial charge in [-0.2, -0.15) is 0 Å². The fraction of sp³-hybridized carbons (Fsp3) is 0.417. The fourth-order valence-electron chi connectivity index (χ4n) is 1.66. The maximum atomic E-state index is 13.4. The van der Waals surface area contributed by atoms with Crippen LogP contribution in [0.2, 0.25) is 0 Å². The minimum atomic E-state index is -0.369. The Morgan fingerprint density at radius 1 is 1.38 bits per heavy atom. The minimum Gasteiger partial charge on any atom is -0.370 e. The average molecular weight is 224 g/mol. The molecular weight excluding hydrogens is 207 g/mol. The zero-order valence-corrected chi connectivity index (χ0v) is 9.59. The number of carbonyl (C=O) groups excluding carboxylic acids is 1. The van der Waals surface area contributed by atoms with Gasteiger partial charge < -0.3 is 11.5 Å². The van der Waals surface area contributed by atoms with E-state index in [9.17, 15) is 9.18 Å². The number of benzene rings is 1. The van der Waals surface area contributed by atoms with Gasteiger partial charge in [0.25, 0.3) is 0 Å². The maximum absolute atomic E-state index is 13.4. The Hall–Kier alpha value is -1.42. The molecule has 16 heavy (non-hydrogen) atoms. The largest absolute Gasteiger partial charge is 0.370 e. The minimum absolute atomic E-state index is 0.203. The number of rotatable bonds is 4. The average Bonchev–Trinajstić information content (AvgIpc) is 2.21. The molecule has 88 valence electrons. The van der Waals surface area contributed by atoms with E-state index in [2.05, 4.69) is 0 Å². The Labute approximate surface area is 94.6 Å². The molecule has 0 aromatic heterocycles. The molecule has 0 aliphatic heterocycles. The van der Waals surface area contributed by atoms with Crippen LogP contribution in [0.5, 0.6) is 0 Å². The summed E-state index contributed by atoms with van der Waals surface area (Å²) in [6.07, 6.45) is 0.733. The quantitative estimate of drug-likeness (QED) is 0.817. The van der Waals surface area contributed by atoms with Crippen molar-refractivity contribution in [3.63, 3.8) is 0 Å². The van der Waals surface area contributed by atoms with E-state index in [0.29, 0.717) is 17.5 Å². The van der Waals surface area contributed by atoms with Crippen LogP contribution in [0.3, 0.4) is 0 Å². The molecule has 1 amide bonds. The number of aryl methyl sites for hydroxylation is 2. The molecule has 1 aromatic rings. The summed E-state index contributed by atoms with van der Waals surface area (Å²) < 4.78 is 13.4. The Balaban J connectivity index is 2.84. The van der Waals surface area contributed by atoms with Gasteiger partial charge >= 0.3 is 0 Å². The standard InChI is InChI=1S/C12H17FN2O/c1-7-5-9(6-8(2)12(7)13)10(14)3-4-11(15)16/h5-6,10H,3-4,14H2,1-2H3,(H2,15,16). The summed E-state index contributed by atoms with van der Waals surface area (Å²) in [5, 5.41) is 0. The van der Waals surface area contributed by atoms with Gasteiger partial charge in [-0.1, -0.05) is 12.1 Å². The zero-order chi connectivity index (χ0) is 12.3. The summed E-state index contributed by atoms with van der Waals surface area (Å²) in [7, 11) is 0. The van der Waals surface area contributed by atoms with E-state index in [1.54, 1.807) is 26.0 Å². The molecule has 0 saturated carbocycles. The first-order valence-electron chi connectivity index (χ1n) is 5.22. The molecule has 0 saturated heterocycles. The molecule has 4 heteroatoms. The van der Waals surface area contributed by atoms with Crippen LogP contribution in [0.25, 0.3) is 0 Å². The highest BCUT2D eigenvalue weighted by molar-refractivity contribution is 5.73. The van der Waals surface area contributed by atoms with Gasteiger partial charge in [-0.3, -0.25) is 4.79 Å². The van der Waals surface area contributed by atoms with E-state index in [0.717, 1.165) is 5.56 Å². The van der Waals surface area contributed by atoms with Gasteiger partial charge in [0.15, 0.2) is 0 Å². The highest BCUT2D eigenvalue weighted by Crippen LogP contribution is 2.21. The summed E-state index contributed by atoms with van der Waals surface area (Å²) in [4.78, 5) is 10.6. The smallest absolute Gasteiger partial charge is 0.217 e. The van der Waals surface area contributed by atoms with Gasteiger partial charge in [0, 0.05) is 12.5 Å². The molecular formula is C12H17FN2O. The Morgan fingerprint density at radius 2 is 1.88 bits per heavy atom. The molecule has 0 bridgehead atoms. The van der Waals surface area contributed by atoms with Crippen LogP contribution in [-0.4, -0.2) is 5.91 Å². The van der Waals surface area contributed by atoms with Crippen molar-refractivity contribution in [2.75, 3.05) is 0 Å². The van der Waals surface area contributed by atoms with Crippen LogP contribution in [-0.2, 0) is 4.79 Å². The van der Waals surface area contributed by atoms with Gasteiger partial charge in [0.2, 0.25) is 5.91 Å². The van der Waals surface area contributed by atoms with Gasteiger partial charge in [0.05, 0.1) is 0 Å². The number of nitrogens with two attached hydrogens (primary N) is 2. The van der Waals surface area contributed by atoms with E-state index in [1.807, 2.05) is 0 Å². The van der Waals surface area contributed by atoms with Crippen LogP contribution >= 0.6 is 0 Å². The molecule has 4 N–H and O–H groups in total. The Kier molecular flexibility index (Phi) is 4.01. The van der Waals surface area contributed by atoms with Crippen LogP contribution in [0, 0.1) is 19.7 Å². The first kappa shape index (κ1) is 12.6. The summed E-state index contributed by atoms with van der Waals surface area (Å²) >= 11 is 0. The topological polar surface area (TPSA) is 69.1 Å². The van der Waals surface area contributed by atoms with Crippen molar-refractivity contribution in [2.45, 2.75) is 32.7 Å². The summed E-state index contributed by atoms with van der Waals surface area (Å²) in [6.45, 7) is 3.40. The lowest BCUT2D eigenvalue weighted by molar-refractivity contribution is -0.118. The second-order valence-corrected chi connectivity index (χ2v) is 4.08. The molecule has 0 fully saturated rings. The van der Waals surface area contributed by atoms with Crippen molar-refractivity contribution in [2.24, 2.45) is 11.5 Å². The van der Waals surface area contributed by atoms with Crippen molar-refractivity contribution in [1.29, 1.82) is 0 Å². The van der Waals surface area contributed by atoms with E-state index in [4.69, 9.17) is 11.5 Å². The molecule has 1 atom stereocenters. The molecule has 3 nitrogen and oxygen atoms in total. The van der Waals surface area contributed by atoms with Crippen molar-refractivity contribution >= 4 is 5.91 Å².